The summed E-state index contributed by atoms with van der Waals surface area (Å²) in [6.07, 6.45) is 7.33. The predicted octanol–water partition coefficient (Wildman–Crippen LogP) is 4.04. The molecule has 0 amide bonds. The van der Waals surface area contributed by atoms with Crippen LogP contribution in [0.15, 0.2) is 71.7 Å². The van der Waals surface area contributed by atoms with E-state index in [1.807, 2.05) is 42.5 Å². The zero-order valence-corrected chi connectivity index (χ0v) is 20.0. The number of terminal acetylenes is 1. The van der Waals surface area contributed by atoms with E-state index in [0.29, 0.717) is 28.6 Å². The van der Waals surface area contributed by atoms with Gasteiger partial charge in [-0.25, -0.2) is 4.98 Å². The van der Waals surface area contributed by atoms with E-state index in [2.05, 4.69) is 57.0 Å². The van der Waals surface area contributed by atoms with Crippen molar-refractivity contribution in [1.82, 2.24) is 19.4 Å². The van der Waals surface area contributed by atoms with Gasteiger partial charge in [0.2, 0.25) is 5.95 Å². The first-order valence-corrected chi connectivity index (χ1v) is 11.8. The van der Waals surface area contributed by atoms with Gasteiger partial charge in [-0.15, -0.1) is 6.42 Å². The molecule has 1 aliphatic rings. The van der Waals surface area contributed by atoms with Crippen molar-refractivity contribution in [2.45, 2.75) is 19.9 Å². The molecule has 7 nitrogen and oxygen atoms in total. The van der Waals surface area contributed by atoms with Crippen LogP contribution in [0.3, 0.4) is 0 Å². The lowest BCUT2D eigenvalue weighted by atomic mass is 10.2. The molecular formula is C28H28N6O. The zero-order valence-electron chi connectivity index (χ0n) is 20.0. The Morgan fingerprint density at radius 3 is 2.34 bits per heavy atom. The Balaban J connectivity index is 1.42. The largest absolute Gasteiger partial charge is 0.369 e. The van der Waals surface area contributed by atoms with Gasteiger partial charge in [0, 0.05) is 61.4 Å². The number of nitrogens with one attached hydrogen (secondary N) is 1. The van der Waals surface area contributed by atoms with Crippen molar-refractivity contribution in [1.29, 1.82) is 0 Å². The van der Waals surface area contributed by atoms with Crippen LogP contribution in [-0.4, -0.2) is 51.7 Å². The zero-order chi connectivity index (χ0) is 24.4. The van der Waals surface area contributed by atoms with E-state index in [1.54, 1.807) is 10.8 Å². The molecule has 0 radical (unpaired) electrons. The highest BCUT2D eigenvalue weighted by Gasteiger charge is 2.19. The molecule has 3 heterocycles. The van der Waals surface area contributed by atoms with Gasteiger partial charge in [-0.05, 0) is 50.2 Å². The Labute approximate surface area is 205 Å². The highest BCUT2D eigenvalue weighted by atomic mass is 16.1. The number of benzene rings is 2. The molecule has 5 rings (SSSR count). The Bertz CT molecular complexity index is 1430. The van der Waals surface area contributed by atoms with E-state index in [9.17, 15) is 4.79 Å². The summed E-state index contributed by atoms with van der Waals surface area (Å²) < 4.78 is 1.56. The molecule has 1 aliphatic heterocycles. The molecular weight excluding hydrogens is 436 g/mol. The third kappa shape index (κ3) is 4.61. The van der Waals surface area contributed by atoms with E-state index in [0.717, 1.165) is 37.6 Å². The number of hydrogen-bond donors (Lipinski definition) is 1. The van der Waals surface area contributed by atoms with Crippen LogP contribution in [0.25, 0.3) is 16.7 Å². The quantitative estimate of drug-likeness (QED) is 0.450. The average molecular weight is 465 g/mol. The van der Waals surface area contributed by atoms with Gasteiger partial charge in [0.1, 0.15) is 0 Å². The van der Waals surface area contributed by atoms with Gasteiger partial charge in [-0.3, -0.25) is 14.3 Å². The highest BCUT2D eigenvalue weighted by Crippen LogP contribution is 2.23. The Kier molecular flexibility index (Phi) is 6.21. The van der Waals surface area contributed by atoms with Crippen molar-refractivity contribution in [3.05, 3.63) is 82.8 Å². The van der Waals surface area contributed by atoms with Crippen molar-refractivity contribution < 1.29 is 0 Å². The van der Waals surface area contributed by atoms with Gasteiger partial charge in [0.05, 0.1) is 11.1 Å². The van der Waals surface area contributed by atoms with Gasteiger partial charge < -0.3 is 10.2 Å². The van der Waals surface area contributed by atoms with E-state index in [-0.39, 0.29) is 5.56 Å². The van der Waals surface area contributed by atoms with Crippen LogP contribution in [0.1, 0.15) is 19.4 Å². The summed E-state index contributed by atoms with van der Waals surface area (Å²) in [5.41, 5.74) is 3.51. The predicted molar refractivity (Wildman–Crippen MR) is 142 cm³/mol. The molecule has 0 saturated carbocycles. The Morgan fingerprint density at radius 2 is 1.69 bits per heavy atom. The molecule has 2 aromatic heterocycles. The first-order valence-electron chi connectivity index (χ1n) is 11.8. The number of fused-ring (bicyclic) bond motifs is 1. The number of hydrogen-bond acceptors (Lipinski definition) is 6. The maximum Gasteiger partial charge on any atom is 0.258 e. The lowest BCUT2D eigenvalue weighted by Gasteiger charge is -2.38. The third-order valence-corrected chi connectivity index (χ3v) is 6.46. The summed E-state index contributed by atoms with van der Waals surface area (Å²) >= 11 is 0. The number of rotatable bonds is 5. The van der Waals surface area contributed by atoms with Crippen LogP contribution in [0.4, 0.5) is 17.3 Å². The summed E-state index contributed by atoms with van der Waals surface area (Å²) in [6, 6.07) is 19.7. The molecule has 35 heavy (non-hydrogen) atoms. The molecule has 176 valence electrons. The van der Waals surface area contributed by atoms with E-state index >= 15 is 0 Å². The monoisotopic (exact) mass is 464 g/mol. The molecule has 0 atom stereocenters. The van der Waals surface area contributed by atoms with E-state index in [1.165, 1.54) is 11.8 Å². The van der Waals surface area contributed by atoms with Crippen molar-refractivity contribution in [3.8, 4) is 18.0 Å². The van der Waals surface area contributed by atoms with Crippen LogP contribution in [0.2, 0.25) is 0 Å². The van der Waals surface area contributed by atoms with Gasteiger partial charge in [-0.2, -0.15) is 4.98 Å². The van der Waals surface area contributed by atoms with Crippen molar-refractivity contribution in [2.24, 2.45) is 0 Å². The Morgan fingerprint density at radius 1 is 0.971 bits per heavy atom. The molecule has 1 fully saturated rings. The fraction of sp³-hybridized carbons (Fsp3) is 0.250. The minimum absolute atomic E-state index is 0.233. The second kappa shape index (κ2) is 9.61. The van der Waals surface area contributed by atoms with Crippen LogP contribution in [0.5, 0.6) is 0 Å². The minimum Gasteiger partial charge on any atom is -0.369 e. The highest BCUT2D eigenvalue weighted by molar-refractivity contribution is 5.84. The summed E-state index contributed by atoms with van der Waals surface area (Å²) in [6.45, 7) is 8.69. The van der Waals surface area contributed by atoms with Crippen LogP contribution >= 0.6 is 0 Å². The summed E-state index contributed by atoms with van der Waals surface area (Å²) in [5.74, 6) is 2.98. The van der Waals surface area contributed by atoms with Crippen LogP contribution < -0.4 is 15.8 Å². The smallest absolute Gasteiger partial charge is 0.258 e. The van der Waals surface area contributed by atoms with Gasteiger partial charge in [0.25, 0.3) is 5.56 Å². The van der Waals surface area contributed by atoms with Gasteiger partial charge >= 0.3 is 0 Å². The summed E-state index contributed by atoms with van der Waals surface area (Å²) in [7, 11) is 0. The summed E-state index contributed by atoms with van der Waals surface area (Å²) in [4.78, 5) is 27.0. The first-order chi connectivity index (χ1) is 17.0. The molecule has 1 N–H and O–H groups in total. The number of anilines is 3. The molecule has 1 saturated heterocycles. The molecule has 4 aromatic rings. The van der Waals surface area contributed by atoms with Gasteiger partial charge in [0.15, 0.2) is 5.65 Å². The second-order valence-electron chi connectivity index (χ2n) is 8.93. The number of para-hydroxylation sites is 1. The number of nitrogens with zero attached hydrogens (tertiary/aromatic N) is 5. The van der Waals surface area contributed by atoms with Gasteiger partial charge in [-0.1, -0.05) is 24.1 Å². The fourth-order valence-corrected chi connectivity index (χ4v) is 4.49. The van der Waals surface area contributed by atoms with Crippen LogP contribution in [-0.2, 0) is 0 Å². The maximum atomic E-state index is 12.9. The second-order valence-corrected chi connectivity index (χ2v) is 8.93. The van der Waals surface area contributed by atoms with Crippen molar-refractivity contribution >= 4 is 28.4 Å². The molecule has 0 unspecified atom stereocenters. The topological polar surface area (TPSA) is 66.3 Å². The van der Waals surface area contributed by atoms with E-state index < -0.39 is 0 Å². The minimum atomic E-state index is -0.233. The standard InChI is InChI=1S/C28H28N6O/c1-4-21-18-26(35)34(24-8-6-5-7-9-24)27-25(21)19-29-28(31-27)30-22-10-12-23(13-11-22)33-16-14-32(15-17-33)20(2)3/h1,5-13,18-20H,14-17H2,2-3H3,(H,29,30,31). The first kappa shape index (κ1) is 22.6. The normalized spacial score (nSPS) is 14.3. The molecule has 2 aromatic carbocycles. The summed E-state index contributed by atoms with van der Waals surface area (Å²) in [5, 5.41) is 3.92. The molecule has 7 heteroatoms. The maximum absolute atomic E-state index is 12.9. The SMILES string of the molecule is C#Cc1cc(=O)n(-c2ccccc2)c2nc(Nc3ccc(N4CCN(C(C)C)CC4)cc3)ncc12. The third-order valence-electron chi connectivity index (χ3n) is 6.46. The van der Waals surface area contributed by atoms with Crippen LogP contribution in [0, 0.1) is 12.3 Å². The Hall–Kier alpha value is -4.15. The lowest BCUT2D eigenvalue weighted by Crippen LogP contribution is -2.48. The van der Waals surface area contributed by atoms with E-state index in [4.69, 9.17) is 6.42 Å². The average Bonchev–Trinajstić information content (AvgIpc) is 2.89. The number of aromatic nitrogens is 3. The number of pyridine rings is 1. The number of piperazine rings is 1. The van der Waals surface area contributed by atoms with Crippen molar-refractivity contribution in [2.75, 3.05) is 36.4 Å². The van der Waals surface area contributed by atoms with Crippen molar-refractivity contribution in [3.63, 3.8) is 0 Å². The molecule has 0 aliphatic carbocycles. The lowest BCUT2D eigenvalue weighted by molar-refractivity contribution is 0.209. The molecule has 0 spiro atoms. The molecule has 0 bridgehead atoms. The fourth-order valence-electron chi connectivity index (χ4n) is 4.49.